The third-order valence-electron chi connectivity index (χ3n) is 5.86. The number of fused-ring (bicyclic) bond motifs is 1. The summed E-state index contributed by atoms with van der Waals surface area (Å²) in [5, 5.41) is 11.7. The van der Waals surface area contributed by atoms with E-state index in [1.807, 2.05) is 11.3 Å². The molecule has 0 spiro atoms. The number of nitrogen functional groups attached to an aromatic ring is 1. The molecule has 0 radical (unpaired) electrons. The minimum absolute atomic E-state index is 0.129. The number of likely N-dealkylation sites (tertiary alicyclic amines) is 1. The predicted octanol–water partition coefficient (Wildman–Crippen LogP) is 2.45. The topological polar surface area (TPSA) is 165 Å². The number of oxazole rings is 1. The lowest BCUT2D eigenvalue weighted by molar-refractivity contribution is 0.0126. The van der Waals surface area contributed by atoms with E-state index >= 15 is 0 Å². The molecule has 4 aromatic rings. The molecule has 0 saturated carbocycles. The molecule has 1 fully saturated rings. The fraction of sp³-hybridized carbons (Fsp3) is 0.273. The average Bonchev–Trinajstić information content (AvgIpc) is 3.56. The van der Waals surface area contributed by atoms with Crippen molar-refractivity contribution in [2.75, 3.05) is 18.8 Å². The van der Waals surface area contributed by atoms with Crippen molar-refractivity contribution in [3.05, 3.63) is 48.4 Å². The minimum Gasteiger partial charge on any atom is -0.465 e. The standard InChI is InChI=1S/C22H20F2N8O4/c1-11-7-27-14-3-2-12(9-31(11)14)15-16(20-26-4-5-36-20)30-18(25)17(29-15)19(33)28-8-13-6-22(23,24)10-32(13)21(34)35/h2-5,7,9,13H,6,8,10H2,1H3,(H2,25,30)(H,28,33)(H,34,35). The highest BCUT2D eigenvalue weighted by molar-refractivity contribution is 5.97. The number of rotatable bonds is 5. The fourth-order valence-electron chi connectivity index (χ4n) is 4.15. The summed E-state index contributed by atoms with van der Waals surface area (Å²) >= 11 is 0. The quantitative estimate of drug-likeness (QED) is 0.375. The maximum Gasteiger partial charge on any atom is 0.407 e. The summed E-state index contributed by atoms with van der Waals surface area (Å²) < 4.78 is 34.7. The molecule has 186 valence electrons. The number of anilines is 1. The highest BCUT2D eigenvalue weighted by Gasteiger charge is 2.47. The first-order chi connectivity index (χ1) is 17.1. The Labute approximate surface area is 201 Å². The second-order valence-electron chi connectivity index (χ2n) is 8.37. The van der Waals surface area contributed by atoms with Crippen LogP contribution >= 0.6 is 0 Å². The van der Waals surface area contributed by atoms with Gasteiger partial charge in [-0.2, -0.15) is 0 Å². The largest absolute Gasteiger partial charge is 0.465 e. The van der Waals surface area contributed by atoms with Gasteiger partial charge in [-0.3, -0.25) is 9.69 Å². The number of hydrogen-bond acceptors (Lipinski definition) is 8. The molecule has 2 amide bonds. The molecule has 0 aliphatic carbocycles. The van der Waals surface area contributed by atoms with Crippen LogP contribution in [0, 0.1) is 6.92 Å². The van der Waals surface area contributed by atoms with Crippen molar-refractivity contribution >= 4 is 23.5 Å². The Balaban J connectivity index is 1.50. The molecule has 1 atom stereocenters. The normalized spacial score (nSPS) is 17.0. The third kappa shape index (κ3) is 4.16. The van der Waals surface area contributed by atoms with Crippen LogP contribution in [0.1, 0.15) is 22.6 Å². The summed E-state index contributed by atoms with van der Waals surface area (Å²) in [7, 11) is 0. The van der Waals surface area contributed by atoms with E-state index in [1.54, 1.807) is 24.5 Å². The molecular weight excluding hydrogens is 478 g/mol. The number of imidazole rings is 1. The van der Waals surface area contributed by atoms with Gasteiger partial charge in [0.1, 0.15) is 17.6 Å². The second-order valence-corrected chi connectivity index (χ2v) is 8.37. The molecule has 0 bridgehead atoms. The van der Waals surface area contributed by atoms with Crippen molar-refractivity contribution in [1.82, 2.24) is 34.6 Å². The number of hydrogen-bond donors (Lipinski definition) is 3. The van der Waals surface area contributed by atoms with E-state index in [1.165, 1.54) is 12.5 Å². The molecular formula is C22H20F2N8O4. The van der Waals surface area contributed by atoms with E-state index in [2.05, 4.69) is 25.3 Å². The van der Waals surface area contributed by atoms with E-state index < -0.39 is 36.9 Å². The van der Waals surface area contributed by atoms with Crippen molar-refractivity contribution in [2.45, 2.75) is 25.3 Å². The van der Waals surface area contributed by atoms with E-state index in [9.17, 15) is 23.5 Å². The first-order valence-electron chi connectivity index (χ1n) is 10.8. The van der Waals surface area contributed by atoms with Gasteiger partial charge in [-0.25, -0.2) is 33.5 Å². The zero-order valence-corrected chi connectivity index (χ0v) is 18.9. The average molecular weight is 498 g/mol. The van der Waals surface area contributed by atoms with Crippen LogP contribution in [0.4, 0.5) is 19.4 Å². The zero-order valence-electron chi connectivity index (χ0n) is 18.9. The Morgan fingerprint density at radius 1 is 1.28 bits per heavy atom. The van der Waals surface area contributed by atoms with Crippen molar-refractivity contribution in [3.63, 3.8) is 0 Å². The van der Waals surface area contributed by atoms with Crippen LogP contribution in [0.3, 0.4) is 0 Å². The summed E-state index contributed by atoms with van der Waals surface area (Å²) in [6, 6.07) is 2.40. The number of pyridine rings is 1. The zero-order chi connectivity index (χ0) is 25.6. The third-order valence-corrected chi connectivity index (χ3v) is 5.86. The second kappa shape index (κ2) is 8.55. The Kier molecular flexibility index (Phi) is 5.50. The van der Waals surface area contributed by atoms with Gasteiger partial charge < -0.3 is 25.0 Å². The van der Waals surface area contributed by atoms with Gasteiger partial charge in [-0.05, 0) is 19.1 Å². The van der Waals surface area contributed by atoms with Gasteiger partial charge in [0.2, 0.25) is 5.89 Å². The van der Waals surface area contributed by atoms with Crippen molar-refractivity contribution in [1.29, 1.82) is 0 Å². The van der Waals surface area contributed by atoms with Gasteiger partial charge in [0.25, 0.3) is 11.8 Å². The Hall–Kier alpha value is -4.62. The number of nitrogens with one attached hydrogen (secondary N) is 1. The molecule has 1 aliphatic heterocycles. The number of nitrogens with zero attached hydrogens (tertiary/aromatic N) is 6. The van der Waals surface area contributed by atoms with Crippen molar-refractivity contribution < 1.29 is 27.9 Å². The Morgan fingerprint density at radius 2 is 2.08 bits per heavy atom. The van der Waals surface area contributed by atoms with E-state index in [4.69, 9.17) is 10.2 Å². The van der Waals surface area contributed by atoms with E-state index in [0.717, 1.165) is 5.69 Å². The summed E-state index contributed by atoms with van der Waals surface area (Å²) in [4.78, 5) is 42.0. The number of aromatic nitrogens is 5. The highest BCUT2D eigenvalue weighted by Crippen LogP contribution is 2.32. The molecule has 5 rings (SSSR count). The van der Waals surface area contributed by atoms with Crippen LogP contribution in [0.15, 0.2) is 41.4 Å². The van der Waals surface area contributed by atoms with E-state index in [-0.39, 0.29) is 35.3 Å². The molecule has 14 heteroatoms. The summed E-state index contributed by atoms with van der Waals surface area (Å²) in [6.07, 6.45) is 4.04. The number of carbonyl (C=O) groups is 2. The van der Waals surface area contributed by atoms with Gasteiger partial charge in [0.15, 0.2) is 17.2 Å². The number of aryl methyl sites for hydroxylation is 1. The smallest absolute Gasteiger partial charge is 0.407 e. The van der Waals surface area contributed by atoms with Gasteiger partial charge in [-0.15, -0.1) is 0 Å². The lowest BCUT2D eigenvalue weighted by Crippen LogP contribution is -2.43. The molecule has 1 saturated heterocycles. The van der Waals surface area contributed by atoms with Crippen LogP contribution in [0.2, 0.25) is 0 Å². The first kappa shape index (κ1) is 23.1. The van der Waals surface area contributed by atoms with Crippen LogP contribution in [0.25, 0.3) is 28.5 Å². The highest BCUT2D eigenvalue weighted by atomic mass is 19.3. The summed E-state index contributed by atoms with van der Waals surface area (Å²) in [6.45, 7) is 0.591. The maximum absolute atomic E-state index is 13.8. The molecule has 12 nitrogen and oxygen atoms in total. The lowest BCUT2D eigenvalue weighted by atomic mass is 10.1. The van der Waals surface area contributed by atoms with Gasteiger partial charge in [0.05, 0.1) is 18.8 Å². The fourth-order valence-corrected chi connectivity index (χ4v) is 4.15. The first-order valence-corrected chi connectivity index (χ1v) is 10.8. The molecule has 1 unspecified atom stereocenters. The predicted molar refractivity (Wildman–Crippen MR) is 121 cm³/mol. The molecule has 1 aliphatic rings. The van der Waals surface area contributed by atoms with Crippen LogP contribution in [0.5, 0.6) is 0 Å². The minimum atomic E-state index is -3.18. The Bertz CT molecular complexity index is 1470. The van der Waals surface area contributed by atoms with Crippen LogP contribution in [-0.2, 0) is 0 Å². The summed E-state index contributed by atoms with van der Waals surface area (Å²) in [5.74, 6) is -4.08. The van der Waals surface area contributed by atoms with Crippen molar-refractivity contribution in [3.8, 4) is 22.8 Å². The number of carboxylic acid groups (broad SMARTS) is 1. The van der Waals surface area contributed by atoms with Crippen molar-refractivity contribution in [2.24, 2.45) is 0 Å². The monoisotopic (exact) mass is 498 g/mol. The van der Waals surface area contributed by atoms with Gasteiger partial charge >= 0.3 is 6.09 Å². The maximum atomic E-state index is 13.8. The molecule has 4 N–H and O–H groups in total. The summed E-state index contributed by atoms with van der Waals surface area (Å²) in [5.41, 5.74) is 8.34. The van der Waals surface area contributed by atoms with Gasteiger partial charge in [0, 0.05) is 36.6 Å². The molecule has 36 heavy (non-hydrogen) atoms. The lowest BCUT2D eigenvalue weighted by Gasteiger charge is -2.20. The molecule has 5 heterocycles. The number of alkyl halides is 2. The van der Waals surface area contributed by atoms with Crippen LogP contribution < -0.4 is 11.1 Å². The Morgan fingerprint density at radius 3 is 2.81 bits per heavy atom. The molecule has 0 aromatic carbocycles. The number of halogens is 2. The van der Waals surface area contributed by atoms with Gasteiger partial charge in [-0.1, -0.05) is 0 Å². The number of amides is 2. The molecule has 4 aromatic heterocycles. The number of carbonyl (C=O) groups excluding carboxylic acids is 1. The van der Waals surface area contributed by atoms with E-state index in [0.29, 0.717) is 16.1 Å². The SMILES string of the molecule is Cc1cnc2ccc(-c3nc(C(=O)NCC4CC(F)(F)CN4C(=O)O)c(N)nc3-c3ncco3)cn12. The van der Waals surface area contributed by atoms with Crippen LogP contribution in [-0.4, -0.2) is 71.4 Å². The number of nitrogens with two attached hydrogens (primary N) is 1.